The fourth-order valence-corrected chi connectivity index (χ4v) is 1.82. The predicted molar refractivity (Wildman–Crippen MR) is 94.2 cm³/mol. The fourth-order valence-electron chi connectivity index (χ4n) is 1.82. The lowest BCUT2D eigenvalue weighted by molar-refractivity contribution is -0.110. The maximum atomic E-state index is 11.6. The quantitative estimate of drug-likeness (QED) is 0.533. The van der Waals surface area contributed by atoms with E-state index in [4.69, 9.17) is 0 Å². The average Bonchev–Trinajstić information content (AvgIpc) is 2.57. The van der Waals surface area contributed by atoms with Crippen LogP contribution in [0.4, 0.5) is 0 Å². The molecule has 2 aromatic carbocycles. The van der Waals surface area contributed by atoms with Crippen LogP contribution in [0.25, 0.3) is 12.2 Å². The van der Waals surface area contributed by atoms with Gasteiger partial charge in [-0.2, -0.15) is 0 Å². The Bertz CT molecular complexity index is 628. The van der Waals surface area contributed by atoms with Crippen molar-refractivity contribution in [3.63, 3.8) is 0 Å². The van der Waals surface area contributed by atoms with E-state index in [0.29, 0.717) is 0 Å². The minimum absolute atomic E-state index is 0.0320. The first-order valence-electron chi connectivity index (χ1n) is 7.18. The van der Waals surface area contributed by atoms with Gasteiger partial charge in [0, 0.05) is 0 Å². The minimum atomic E-state index is -0.0320. The first-order chi connectivity index (χ1) is 10.8. The third-order valence-electron chi connectivity index (χ3n) is 2.92. The summed E-state index contributed by atoms with van der Waals surface area (Å²) in [4.78, 5) is 11.6. The van der Waals surface area contributed by atoms with Crippen molar-refractivity contribution in [1.29, 1.82) is 0 Å². The average molecular weight is 286 g/mol. The largest absolute Gasteiger partial charge is 0.290 e. The minimum Gasteiger partial charge on any atom is -0.290 e. The maximum absolute atomic E-state index is 11.6. The lowest BCUT2D eigenvalue weighted by Crippen LogP contribution is -1.82. The zero-order chi connectivity index (χ0) is 15.5. The Labute approximate surface area is 131 Å². The second kappa shape index (κ2) is 9.09. The van der Waals surface area contributed by atoms with Crippen LogP contribution in [0.1, 0.15) is 11.1 Å². The van der Waals surface area contributed by atoms with Crippen molar-refractivity contribution >= 4 is 17.9 Å². The van der Waals surface area contributed by atoms with E-state index in [1.807, 2.05) is 85.0 Å². The molecule has 0 bridgehead atoms. The number of allylic oxidation sites excluding steroid dienone is 6. The van der Waals surface area contributed by atoms with Crippen LogP contribution in [0.2, 0.25) is 0 Å². The van der Waals surface area contributed by atoms with Crippen molar-refractivity contribution in [3.05, 3.63) is 108 Å². The Hall–Kier alpha value is -2.93. The number of rotatable bonds is 6. The number of carbonyl (C=O) groups excluding carboxylic acids is 1. The molecule has 22 heavy (non-hydrogen) atoms. The zero-order valence-corrected chi connectivity index (χ0v) is 12.3. The van der Waals surface area contributed by atoms with Gasteiger partial charge in [-0.05, 0) is 23.3 Å². The van der Waals surface area contributed by atoms with Crippen LogP contribution in [0, 0.1) is 0 Å². The van der Waals surface area contributed by atoms with Gasteiger partial charge in [0.05, 0.1) is 0 Å². The normalized spacial score (nSPS) is 12.0. The molecule has 0 aromatic heterocycles. The van der Waals surface area contributed by atoms with Crippen LogP contribution in [0.3, 0.4) is 0 Å². The van der Waals surface area contributed by atoms with Gasteiger partial charge >= 0.3 is 0 Å². The molecule has 0 N–H and O–H groups in total. The highest BCUT2D eigenvalue weighted by molar-refractivity contribution is 5.99. The summed E-state index contributed by atoms with van der Waals surface area (Å²) < 4.78 is 0. The SMILES string of the molecule is O=C(/C=C\C=C/c1ccccc1)/C=C/C=C\c1ccccc1. The van der Waals surface area contributed by atoms with Crippen LogP contribution in [0.5, 0.6) is 0 Å². The van der Waals surface area contributed by atoms with Crippen molar-refractivity contribution in [2.75, 3.05) is 0 Å². The van der Waals surface area contributed by atoms with Crippen molar-refractivity contribution in [1.82, 2.24) is 0 Å². The molecule has 0 aliphatic carbocycles. The van der Waals surface area contributed by atoms with Crippen LogP contribution >= 0.6 is 0 Å². The van der Waals surface area contributed by atoms with Crippen LogP contribution in [-0.2, 0) is 4.79 Å². The molecule has 0 heterocycles. The summed E-state index contributed by atoms with van der Waals surface area (Å²) in [6.07, 6.45) is 14.2. The van der Waals surface area contributed by atoms with Crippen molar-refractivity contribution in [2.45, 2.75) is 0 Å². The summed E-state index contributed by atoms with van der Waals surface area (Å²) in [5.41, 5.74) is 2.22. The highest BCUT2D eigenvalue weighted by atomic mass is 16.1. The van der Waals surface area contributed by atoms with E-state index in [9.17, 15) is 4.79 Å². The van der Waals surface area contributed by atoms with Gasteiger partial charge in [0.2, 0.25) is 0 Å². The van der Waals surface area contributed by atoms with Gasteiger partial charge in [-0.1, -0.05) is 97.1 Å². The Morgan fingerprint density at radius 2 is 1.00 bits per heavy atom. The summed E-state index contributed by atoms with van der Waals surface area (Å²) in [5.74, 6) is -0.0320. The van der Waals surface area contributed by atoms with E-state index in [2.05, 4.69) is 0 Å². The standard InChI is InChI=1S/C21H18O/c22-21(17-9-7-15-19-11-3-1-4-12-19)18-10-8-16-20-13-5-2-6-14-20/h1-18H/b15-7-,16-8-,17-9-,18-10+. The van der Waals surface area contributed by atoms with E-state index in [0.717, 1.165) is 11.1 Å². The van der Waals surface area contributed by atoms with Gasteiger partial charge in [-0.3, -0.25) is 4.79 Å². The summed E-state index contributed by atoms with van der Waals surface area (Å²) >= 11 is 0. The van der Waals surface area contributed by atoms with Crippen LogP contribution in [0.15, 0.2) is 97.1 Å². The van der Waals surface area contributed by atoms with Gasteiger partial charge < -0.3 is 0 Å². The second-order valence-electron chi connectivity index (χ2n) is 4.66. The molecule has 2 rings (SSSR count). The van der Waals surface area contributed by atoms with Gasteiger partial charge in [-0.25, -0.2) is 0 Å². The smallest absolute Gasteiger partial charge is 0.178 e. The summed E-state index contributed by atoms with van der Waals surface area (Å²) in [6.45, 7) is 0. The molecule has 0 aliphatic heterocycles. The van der Waals surface area contributed by atoms with Crippen molar-refractivity contribution in [2.24, 2.45) is 0 Å². The summed E-state index contributed by atoms with van der Waals surface area (Å²) in [7, 11) is 0. The molecular formula is C21H18O. The Balaban J connectivity index is 1.80. The topological polar surface area (TPSA) is 17.1 Å². The second-order valence-corrected chi connectivity index (χ2v) is 4.66. The molecule has 0 aliphatic rings. The molecule has 0 saturated carbocycles. The molecule has 0 unspecified atom stereocenters. The molecule has 0 spiro atoms. The molecular weight excluding hydrogens is 268 g/mol. The lowest BCUT2D eigenvalue weighted by Gasteiger charge is -1.88. The number of hydrogen-bond acceptors (Lipinski definition) is 1. The van der Waals surface area contributed by atoms with Crippen molar-refractivity contribution in [3.8, 4) is 0 Å². The molecule has 0 atom stereocenters. The van der Waals surface area contributed by atoms with E-state index in [1.54, 1.807) is 24.3 Å². The number of carbonyl (C=O) groups is 1. The Kier molecular flexibility index (Phi) is 6.39. The fraction of sp³-hybridized carbons (Fsp3) is 0. The number of benzene rings is 2. The molecule has 1 heteroatoms. The molecule has 0 fully saturated rings. The van der Waals surface area contributed by atoms with Gasteiger partial charge in [0.25, 0.3) is 0 Å². The molecule has 0 saturated heterocycles. The number of hydrogen-bond donors (Lipinski definition) is 0. The van der Waals surface area contributed by atoms with Crippen LogP contribution in [-0.4, -0.2) is 5.78 Å². The van der Waals surface area contributed by atoms with Gasteiger partial charge in [0.15, 0.2) is 5.78 Å². The van der Waals surface area contributed by atoms with E-state index in [1.165, 1.54) is 0 Å². The monoisotopic (exact) mass is 286 g/mol. The van der Waals surface area contributed by atoms with Crippen LogP contribution < -0.4 is 0 Å². The Morgan fingerprint density at radius 3 is 1.41 bits per heavy atom. The van der Waals surface area contributed by atoms with E-state index >= 15 is 0 Å². The number of ketones is 1. The van der Waals surface area contributed by atoms with Gasteiger partial charge in [-0.15, -0.1) is 0 Å². The first kappa shape index (κ1) is 15.5. The van der Waals surface area contributed by atoms with E-state index < -0.39 is 0 Å². The summed E-state index contributed by atoms with van der Waals surface area (Å²) in [5, 5.41) is 0. The molecule has 1 nitrogen and oxygen atoms in total. The molecule has 0 radical (unpaired) electrons. The third-order valence-corrected chi connectivity index (χ3v) is 2.92. The molecule has 0 amide bonds. The highest BCUT2D eigenvalue weighted by Crippen LogP contribution is 2.02. The Morgan fingerprint density at radius 1 is 0.591 bits per heavy atom. The molecule has 2 aromatic rings. The van der Waals surface area contributed by atoms with Gasteiger partial charge in [0.1, 0.15) is 0 Å². The maximum Gasteiger partial charge on any atom is 0.178 e. The zero-order valence-electron chi connectivity index (χ0n) is 12.3. The van der Waals surface area contributed by atoms with E-state index in [-0.39, 0.29) is 5.78 Å². The van der Waals surface area contributed by atoms with Crippen molar-refractivity contribution < 1.29 is 4.79 Å². The lowest BCUT2D eigenvalue weighted by atomic mass is 10.2. The summed E-state index contributed by atoms with van der Waals surface area (Å²) in [6, 6.07) is 19.9. The highest BCUT2D eigenvalue weighted by Gasteiger charge is 1.86. The first-order valence-corrected chi connectivity index (χ1v) is 7.18. The third kappa shape index (κ3) is 6.02. The molecule has 108 valence electrons. The predicted octanol–water partition coefficient (Wildman–Crippen LogP) is 5.09.